The molecule has 0 spiro atoms. The average Bonchev–Trinajstić information content (AvgIpc) is 2.53. The lowest BCUT2D eigenvalue weighted by Gasteiger charge is -2.32. The molecule has 1 fully saturated rings. The van der Waals surface area contributed by atoms with Gasteiger partial charge in [0.05, 0.1) is 6.42 Å². The fraction of sp³-hybridized carbons (Fsp3) is 0.500. The number of piperazine rings is 1. The van der Waals surface area contributed by atoms with Crippen LogP contribution in [0.15, 0.2) is 24.3 Å². The van der Waals surface area contributed by atoms with Crippen molar-refractivity contribution in [2.24, 2.45) is 0 Å². The molecule has 0 radical (unpaired) electrons. The molecule has 1 heterocycles. The fourth-order valence-electron chi connectivity index (χ4n) is 2.41. The van der Waals surface area contributed by atoms with Gasteiger partial charge in [-0.3, -0.25) is 9.59 Å². The van der Waals surface area contributed by atoms with Crippen LogP contribution in [0.3, 0.4) is 0 Å². The summed E-state index contributed by atoms with van der Waals surface area (Å²) in [6.07, 6.45) is 0.351. The third-order valence-corrected chi connectivity index (χ3v) is 3.62. The molecule has 1 aromatic rings. The fourth-order valence-corrected chi connectivity index (χ4v) is 2.41. The molecule has 2 N–H and O–H groups in total. The first-order valence-corrected chi connectivity index (χ1v) is 7.52. The van der Waals surface area contributed by atoms with Gasteiger partial charge in [-0.15, -0.1) is 12.4 Å². The molecule has 1 atom stereocenters. The van der Waals surface area contributed by atoms with E-state index < -0.39 is 0 Å². The monoisotopic (exact) mass is 341 g/mol. The summed E-state index contributed by atoms with van der Waals surface area (Å²) in [4.78, 5) is 25.4. The first-order valence-electron chi connectivity index (χ1n) is 7.52. The number of amides is 2. The molecule has 2 amide bonds. The number of hydrogen-bond donors (Lipinski definition) is 2. The molecule has 1 saturated heterocycles. The maximum absolute atomic E-state index is 12.3. The molecule has 1 aromatic carbocycles. The van der Waals surface area contributed by atoms with E-state index in [1.165, 1.54) is 0 Å². The lowest BCUT2D eigenvalue weighted by atomic mass is 10.1. The zero-order chi connectivity index (χ0) is 15.9. The molecule has 1 aliphatic rings. The highest BCUT2D eigenvalue weighted by molar-refractivity contribution is 5.85. The first kappa shape index (κ1) is 19.3. The lowest BCUT2D eigenvalue weighted by molar-refractivity contribution is -0.131. The predicted octanol–water partition coefficient (Wildman–Crippen LogP) is 0.596. The minimum Gasteiger partial charge on any atom is -0.484 e. The van der Waals surface area contributed by atoms with Crippen molar-refractivity contribution in [1.82, 2.24) is 15.5 Å². The van der Waals surface area contributed by atoms with Gasteiger partial charge in [0.25, 0.3) is 5.91 Å². The second-order valence-electron chi connectivity index (χ2n) is 5.48. The second kappa shape index (κ2) is 9.37. The molecule has 6 nitrogen and oxygen atoms in total. The van der Waals surface area contributed by atoms with Crippen LogP contribution in [0.5, 0.6) is 5.75 Å². The zero-order valence-electron chi connectivity index (χ0n) is 13.5. The highest BCUT2D eigenvalue weighted by Crippen LogP contribution is 2.15. The van der Waals surface area contributed by atoms with Gasteiger partial charge < -0.3 is 20.3 Å². The molecule has 23 heavy (non-hydrogen) atoms. The predicted molar refractivity (Wildman–Crippen MR) is 91.0 cm³/mol. The molecule has 2 rings (SSSR count). The molecular formula is C16H24ClN3O3. The number of carbonyl (C=O) groups excluding carboxylic acids is 2. The first-order chi connectivity index (χ1) is 10.6. The van der Waals surface area contributed by atoms with Crippen molar-refractivity contribution in [2.75, 3.05) is 33.3 Å². The molecule has 0 bridgehead atoms. The summed E-state index contributed by atoms with van der Waals surface area (Å²) < 4.78 is 5.40. The van der Waals surface area contributed by atoms with Gasteiger partial charge in [-0.1, -0.05) is 12.1 Å². The molecule has 0 saturated carbocycles. The minimum atomic E-state index is -0.184. The molecule has 1 aliphatic heterocycles. The molecular weight excluding hydrogens is 318 g/mol. The van der Waals surface area contributed by atoms with E-state index in [9.17, 15) is 9.59 Å². The van der Waals surface area contributed by atoms with Crippen LogP contribution in [0, 0.1) is 0 Å². The summed E-state index contributed by atoms with van der Waals surface area (Å²) in [6.45, 7) is 4.37. The summed E-state index contributed by atoms with van der Waals surface area (Å²) in [5, 5.41) is 5.82. The summed E-state index contributed by atoms with van der Waals surface area (Å²) >= 11 is 0. The Morgan fingerprint density at radius 2 is 2.22 bits per heavy atom. The number of nitrogens with one attached hydrogen (secondary N) is 2. The lowest BCUT2D eigenvalue weighted by Crippen LogP contribution is -2.51. The van der Waals surface area contributed by atoms with E-state index in [0.29, 0.717) is 18.2 Å². The molecule has 7 heteroatoms. The van der Waals surface area contributed by atoms with Gasteiger partial charge >= 0.3 is 0 Å². The number of hydrogen-bond acceptors (Lipinski definition) is 4. The summed E-state index contributed by atoms with van der Waals surface area (Å²) in [7, 11) is 1.56. The number of halogens is 1. The van der Waals surface area contributed by atoms with E-state index in [-0.39, 0.29) is 30.8 Å². The van der Waals surface area contributed by atoms with Crippen LogP contribution in [0.4, 0.5) is 0 Å². The minimum absolute atomic E-state index is 0. The van der Waals surface area contributed by atoms with Crippen molar-refractivity contribution >= 4 is 24.2 Å². The smallest absolute Gasteiger partial charge is 0.257 e. The highest BCUT2D eigenvalue weighted by atomic mass is 35.5. The Hall–Kier alpha value is -1.79. The molecule has 0 aromatic heterocycles. The normalized spacial score (nSPS) is 17.1. The third-order valence-electron chi connectivity index (χ3n) is 3.62. The Morgan fingerprint density at radius 1 is 1.43 bits per heavy atom. The molecule has 128 valence electrons. The Labute approximate surface area is 143 Å². The van der Waals surface area contributed by atoms with Crippen molar-refractivity contribution in [3.8, 4) is 5.75 Å². The number of carbonyl (C=O) groups is 2. The summed E-state index contributed by atoms with van der Waals surface area (Å²) in [6, 6.07) is 7.66. The van der Waals surface area contributed by atoms with Crippen molar-refractivity contribution in [3.05, 3.63) is 29.8 Å². The van der Waals surface area contributed by atoms with Crippen LogP contribution in [-0.4, -0.2) is 56.0 Å². The van der Waals surface area contributed by atoms with Gasteiger partial charge in [-0.25, -0.2) is 0 Å². The quantitative estimate of drug-likeness (QED) is 0.822. The standard InChI is InChI=1S/C16H23N3O3.ClH/c1-12-10-19(7-6-18-12)16(21)9-13-4-3-5-14(8-13)22-11-15(20)17-2;/h3-5,8,12,18H,6-7,9-11H2,1-2H3,(H,17,20);1H/t12-;/m1./s1. The Balaban J connectivity index is 0.00000264. The summed E-state index contributed by atoms with van der Waals surface area (Å²) in [5.74, 6) is 0.538. The van der Waals surface area contributed by atoms with E-state index in [4.69, 9.17) is 4.74 Å². The highest BCUT2D eigenvalue weighted by Gasteiger charge is 2.20. The Morgan fingerprint density at radius 3 is 2.91 bits per heavy atom. The molecule has 0 aliphatic carbocycles. The van der Waals surface area contributed by atoms with E-state index >= 15 is 0 Å². The second-order valence-corrected chi connectivity index (χ2v) is 5.48. The maximum Gasteiger partial charge on any atom is 0.257 e. The topological polar surface area (TPSA) is 70.7 Å². The van der Waals surface area contributed by atoms with Gasteiger partial charge in [0.1, 0.15) is 5.75 Å². The van der Waals surface area contributed by atoms with Gasteiger partial charge in [-0.2, -0.15) is 0 Å². The largest absolute Gasteiger partial charge is 0.484 e. The van der Waals surface area contributed by atoms with Crippen LogP contribution in [-0.2, 0) is 16.0 Å². The van der Waals surface area contributed by atoms with Crippen molar-refractivity contribution < 1.29 is 14.3 Å². The number of ether oxygens (including phenoxy) is 1. The van der Waals surface area contributed by atoms with Crippen LogP contribution in [0.1, 0.15) is 12.5 Å². The Kier molecular flexibility index (Phi) is 7.85. The van der Waals surface area contributed by atoms with Crippen LogP contribution >= 0.6 is 12.4 Å². The van der Waals surface area contributed by atoms with Crippen LogP contribution in [0.2, 0.25) is 0 Å². The molecule has 0 unspecified atom stereocenters. The SMILES string of the molecule is CNC(=O)COc1cccc(CC(=O)N2CCN[C@H](C)C2)c1.Cl. The summed E-state index contributed by atoms with van der Waals surface area (Å²) in [5.41, 5.74) is 0.894. The van der Waals surface area contributed by atoms with Crippen molar-refractivity contribution in [2.45, 2.75) is 19.4 Å². The number of likely N-dealkylation sites (N-methyl/N-ethyl adjacent to an activating group) is 1. The van der Waals surface area contributed by atoms with E-state index in [1.54, 1.807) is 13.1 Å². The maximum atomic E-state index is 12.3. The number of rotatable bonds is 5. The van der Waals surface area contributed by atoms with Gasteiger partial charge in [0.2, 0.25) is 5.91 Å². The van der Waals surface area contributed by atoms with E-state index in [0.717, 1.165) is 25.2 Å². The van der Waals surface area contributed by atoms with Crippen LogP contribution < -0.4 is 15.4 Å². The van der Waals surface area contributed by atoms with Gasteiger partial charge in [-0.05, 0) is 24.6 Å². The van der Waals surface area contributed by atoms with E-state index in [2.05, 4.69) is 17.6 Å². The van der Waals surface area contributed by atoms with Gasteiger partial charge in [0.15, 0.2) is 6.61 Å². The number of benzene rings is 1. The van der Waals surface area contributed by atoms with Crippen LogP contribution in [0.25, 0.3) is 0 Å². The zero-order valence-corrected chi connectivity index (χ0v) is 14.3. The van der Waals surface area contributed by atoms with Crippen molar-refractivity contribution in [1.29, 1.82) is 0 Å². The Bertz CT molecular complexity index is 539. The van der Waals surface area contributed by atoms with Crippen molar-refractivity contribution in [3.63, 3.8) is 0 Å². The third kappa shape index (κ3) is 6.08. The average molecular weight is 342 g/mol. The van der Waals surface area contributed by atoms with Gasteiger partial charge in [0, 0.05) is 32.7 Å². The van der Waals surface area contributed by atoms with E-state index in [1.807, 2.05) is 23.1 Å². The number of nitrogens with zero attached hydrogens (tertiary/aromatic N) is 1.